The van der Waals surface area contributed by atoms with Crippen molar-refractivity contribution in [2.75, 3.05) is 19.7 Å². The summed E-state index contributed by atoms with van der Waals surface area (Å²) in [5.74, 6) is -2.09. The molecule has 5 amide bonds. The molecular formula is C22H29N5O6. The number of carbonyl (C=O) groups is 5. The SMILES string of the molecule is NC(=O)CC[C@@H]1NC(=O)C[C@@H](C(=O)NCC2CC2)NC(=O)c2ccccc2OCCNC1=O. The third kappa shape index (κ3) is 7.48. The normalized spacial score (nSPS) is 21.9. The molecule has 1 aliphatic carbocycles. The van der Waals surface area contributed by atoms with E-state index < -0.39 is 41.6 Å². The van der Waals surface area contributed by atoms with E-state index in [1.54, 1.807) is 24.3 Å². The van der Waals surface area contributed by atoms with E-state index in [1.165, 1.54) is 0 Å². The zero-order valence-electron chi connectivity index (χ0n) is 18.2. The molecule has 0 unspecified atom stereocenters. The average molecular weight is 460 g/mol. The first kappa shape index (κ1) is 24.0. The summed E-state index contributed by atoms with van der Waals surface area (Å²) in [7, 11) is 0. The van der Waals surface area contributed by atoms with Crippen molar-refractivity contribution in [2.24, 2.45) is 11.7 Å². The largest absolute Gasteiger partial charge is 0.491 e. The van der Waals surface area contributed by atoms with Crippen molar-refractivity contribution in [1.82, 2.24) is 21.3 Å². The molecule has 0 saturated heterocycles. The van der Waals surface area contributed by atoms with E-state index in [-0.39, 0.29) is 43.7 Å². The topological polar surface area (TPSA) is 169 Å². The summed E-state index contributed by atoms with van der Waals surface area (Å²) in [5, 5.41) is 10.6. The quantitative estimate of drug-likeness (QED) is 0.364. The van der Waals surface area contributed by atoms with E-state index in [0.29, 0.717) is 12.5 Å². The van der Waals surface area contributed by atoms with Crippen LogP contribution in [0, 0.1) is 5.92 Å². The van der Waals surface area contributed by atoms with Gasteiger partial charge in [-0.05, 0) is 37.3 Å². The van der Waals surface area contributed by atoms with Crippen molar-refractivity contribution in [1.29, 1.82) is 0 Å². The molecule has 11 nitrogen and oxygen atoms in total. The number of nitrogens with two attached hydrogens (primary N) is 1. The molecule has 33 heavy (non-hydrogen) atoms. The molecule has 0 bridgehead atoms. The maximum Gasteiger partial charge on any atom is 0.255 e. The first-order chi connectivity index (χ1) is 15.8. The summed E-state index contributed by atoms with van der Waals surface area (Å²) < 4.78 is 5.65. The highest BCUT2D eigenvalue weighted by Crippen LogP contribution is 2.27. The molecule has 1 fully saturated rings. The molecule has 0 spiro atoms. The van der Waals surface area contributed by atoms with Crippen LogP contribution in [0.4, 0.5) is 0 Å². The standard InChI is InChI=1S/C22H29N5O6/c23-18(28)8-7-15-21(31)24-9-10-33-17-4-2-1-3-14(17)20(30)27-16(11-19(29)26-15)22(32)25-12-13-5-6-13/h1-4,13,15-16H,5-12H2,(H2,23,28)(H,24,31)(H,25,32)(H,26,29)(H,27,30)/t15-,16-/m0/s1. The van der Waals surface area contributed by atoms with Gasteiger partial charge in [-0.1, -0.05) is 12.1 Å². The molecule has 1 heterocycles. The summed E-state index contributed by atoms with van der Waals surface area (Å²) in [4.78, 5) is 62.1. The zero-order valence-corrected chi connectivity index (χ0v) is 18.2. The van der Waals surface area contributed by atoms with E-state index in [2.05, 4.69) is 21.3 Å². The van der Waals surface area contributed by atoms with Gasteiger partial charge in [0.05, 0.1) is 18.5 Å². The van der Waals surface area contributed by atoms with Crippen LogP contribution in [0.25, 0.3) is 0 Å². The van der Waals surface area contributed by atoms with Crippen molar-refractivity contribution in [3.05, 3.63) is 29.8 Å². The van der Waals surface area contributed by atoms with Gasteiger partial charge < -0.3 is 31.7 Å². The van der Waals surface area contributed by atoms with Gasteiger partial charge in [-0.2, -0.15) is 0 Å². The highest BCUT2D eigenvalue weighted by molar-refractivity contribution is 6.01. The number of rotatable bonds is 6. The minimum Gasteiger partial charge on any atom is -0.491 e. The van der Waals surface area contributed by atoms with E-state index in [1.807, 2.05) is 0 Å². The van der Waals surface area contributed by atoms with Crippen molar-refractivity contribution in [2.45, 2.75) is 44.2 Å². The van der Waals surface area contributed by atoms with Gasteiger partial charge >= 0.3 is 0 Å². The van der Waals surface area contributed by atoms with Crippen LogP contribution >= 0.6 is 0 Å². The maximum absolute atomic E-state index is 12.9. The van der Waals surface area contributed by atoms with Crippen LogP contribution < -0.4 is 31.7 Å². The minimum absolute atomic E-state index is 0.00149. The first-order valence-corrected chi connectivity index (χ1v) is 11.0. The Balaban J connectivity index is 1.81. The van der Waals surface area contributed by atoms with Crippen LogP contribution in [0.1, 0.15) is 42.5 Å². The fraction of sp³-hybridized carbons (Fsp3) is 0.500. The summed E-state index contributed by atoms with van der Waals surface area (Å²) in [6.45, 7) is 0.651. The highest BCUT2D eigenvalue weighted by atomic mass is 16.5. The van der Waals surface area contributed by atoms with Gasteiger partial charge in [0.1, 0.15) is 24.4 Å². The Bertz CT molecular complexity index is 916. The smallest absolute Gasteiger partial charge is 0.255 e. The second-order valence-electron chi connectivity index (χ2n) is 8.18. The minimum atomic E-state index is -1.16. The number of amides is 5. The lowest BCUT2D eigenvalue weighted by atomic mass is 10.1. The van der Waals surface area contributed by atoms with Gasteiger partial charge in [0, 0.05) is 13.0 Å². The van der Waals surface area contributed by atoms with Gasteiger partial charge in [-0.15, -0.1) is 0 Å². The van der Waals surface area contributed by atoms with Crippen molar-refractivity contribution >= 4 is 29.5 Å². The molecule has 178 valence electrons. The van der Waals surface area contributed by atoms with Gasteiger partial charge in [0.2, 0.25) is 23.6 Å². The van der Waals surface area contributed by atoms with Gasteiger partial charge in [0.25, 0.3) is 5.91 Å². The van der Waals surface area contributed by atoms with Crippen LogP contribution in [0.2, 0.25) is 0 Å². The van der Waals surface area contributed by atoms with Crippen molar-refractivity contribution < 1.29 is 28.7 Å². The molecule has 2 atom stereocenters. The van der Waals surface area contributed by atoms with Crippen LogP contribution in [-0.2, 0) is 19.2 Å². The molecule has 1 aromatic carbocycles. The molecule has 0 radical (unpaired) electrons. The number of hydrogen-bond donors (Lipinski definition) is 5. The third-order valence-corrected chi connectivity index (χ3v) is 5.39. The molecule has 1 aliphatic heterocycles. The highest BCUT2D eigenvalue weighted by Gasteiger charge is 2.30. The molecular weight excluding hydrogens is 430 g/mol. The fourth-order valence-corrected chi connectivity index (χ4v) is 3.37. The van der Waals surface area contributed by atoms with Crippen LogP contribution in [-0.4, -0.2) is 61.3 Å². The molecule has 1 aromatic rings. The number of hydrogen-bond acceptors (Lipinski definition) is 6. The molecule has 1 saturated carbocycles. The predicted molar refractivity (Wildman–Crippen MR) is 117 cm³/mol. The van der Waals surface area contributed by atoms with E-state index in [4.69, 9.17) is 10.5 Å². The number of benzene rings is 1. The Labute approximate surface area is 191 Å². The van der Waals surface area contributed by atoms with E-state index >= 15 is 0 Å². The second kappa shape index (κ2) is 11.3. The summed E-state index contributed by atoms with van der Waals surface area (Å²) in [6.07, 6.45) is 1.57. The second-order valence-corrected chi connectivity index (χ2v) is 8.18. The van der Waals surface area contributed by atoms with Crippen LogP contribution in [0.3, 0.4) is 0 Å². The van der Waals surface area contributed by atoms with Gasteiger partial charge in [0.15, 0.2) is 0 Å². The van der Waals surface area contributed by atoms with Gasteiger partial charge in [-0.3, -0.25) is 24.0 Å². The molecule has 11 heteroatoms. The monoisotopic (exact) mass is 459 g/mol. The number of ether oxygens (including phenoxy) is 1. The lowest BCUT2D eigenvalue weighted by molar-refractivity contribution is -0.131. The Hall–Kier alpha value is -3.63. The average Bonchev–Trinajstić information content (AvgIpc) is 3.61. The Morgan fingerprint density at radius 2 is 1.88 bits per heavy atom. The third-order valence-electron chi connectivity index (χ3n) is 5.39. The summed E-state index contributed by atoms with van der Waals surface area (Å²) in [5.41, 5.74) is 5.39. The summed E-state index contributed by atoms with van der Waals surface area (Å²) >= 11 is 0. The van der Waals surface area contributed by atoms with E-state index in [0.717, 1.165) is 12.8 Å². The number of para-hydroxylation sites is 1. The zero-order chi connectivity index (χ0) is 23.8. The molecule has 2 aliphatic rings. The maximum atomic E-state index is 12.9. The fourth-order valence-electron chi connectivity index (χ4n) is 3.37. The molecule has 6 N–H and O–H groups in total. The van der Waals surface area contributed by atoms with Crippen LogP contribution in [0.5, 0.6) is 5.75 Å². The Kier molecular flexibility index (Phi) is 8.22. The predicted octanol–water partition coefficient (Wildman–Crippen LogP) is -1.04. The molecule has 3 rings (SSSR count). The van der Waals surface area contributed by atoms with E-state index in [9.17, 15) is 24.0 Å². The van der Waals surface area contributed by atoms with Crippen molar-refractivity contribution in [3.63, 3.8) is 0 Å². The summed E-state index contributed by atoms with van der Waals surface area (Å²) in [6, 6.07) is 4.32. The Morgan fingerprint density at radius 3 is 2.61 bits per heavy atom. The number of fused-ring (bicyclic) bond motifs is 1. The first-order valence-electron chi connectivity index (χ1n) is 11.0. The number of nitrogens with one attached hydrogen (secondary N) is 4. The van der Waals surface area contributed by atoms with Crippen molar-refractivity contribution in [3.8, 4) is 5.75 Å². The number of carbonyl (C=O) groups excluding carboxylic acids is 5. The lowest BCUT2D eigenvalue weighted by Gasteiger charge is -2.23. The lowest BCUT2D eigenvalue weighted by Crippen LogP contribution is -2.52. The molecule has 0 aromatic heterocycles. The Morgan fingerprint density at radius 1 is 1.12 bits per heavy atom. The van der Waals surface area contributed by atoms with Crippen LogP contribution in [0.15, 0.2) is 24.3 Å². The van der Waals surface area contributed by atoms with Gasteiger partial charge in [-0.25, -0.2) is 0 Å². The number of primary amides is 1.